The molecule has 0 fully saturated rings. The summed E-state index contributed by atoms with van der Waals surface area (Å²) < 4.78 is 51.2. The van der Waals surface area contributed by atoms with Gasteiger partial charge in [-0.05, 0) is 0 Å². The average molecular weight is 228 g/mol. The lowest BCUT2D eigenvalue weighted by Crippen LogP contribution is -1.98. The van der Waals surface area contributed by atoms with Gasteiger partial charge in [0.25, 0.3) is 0 Å². The number of allylic oxidation sites excluding steroid dienone is 1. The van der Waals surface area contributed by atoms with E-state index in [1.807, 2.05) is 0 Å². The minimum Gasteiger partial charge on any atom is -0.269 e. The average Bonchev–Trinajstić information content (AvgIpc) is 1.93. The summed E-state index contributed by atoms with van der Waals surface area (Å²) in [5.74, 6) is 0. The molecule has 0 amide bonds. The van der Waals surface area contributed by atoms with E-state index >= 15 is 0 Å². The van der Waals surface area contributed by atoms with Crippen molar-refractivity contribution in [1.29, 1.82) is 0 Å². The van der Waals surface area contributed by atoms with Crippen LogP contribution < -0.4 is 0 Å². The van der Waals surface area contributed by atoms with E-state index in [0.29, 0.717) is 0 Å². The Bertz CT molecular complexity index is 78.4. The molecule has 0 aromatic carbocycles. The normalized spacial score (nSPS) is 6.36. The van der Waals surface area contributed by atoms with Crippen LogP contribution in [0.15, 0.2) is 25.8 Å². The van der Waals surface area contributed by atoms with Crippen LogP contribution in [0.2, 0.25) is 0 Å². The molecule has 14 heavy (non-hydrogen) atoms. The van der Waals surface area contributed by atoms with Crippen LogP contribution in [0.5, 0.6) is 0 Å². The lowest BCUT2D eigenvalue weighted by molar-refractivity contribution is -0.0795. The summed E-state index contributed by atoms with van der Waals surface area (Å²) in [6.45, 7) is 6.76. The molecule has 0 rings (SSSR count). The van der Waals surface area contributed by atoms with E-state index in [1.165, 1.54) is 0 Å². The van der Waals surface area contributed by atoms with Crippen LogP contribution in [-0.2, 0) is 0 Å². The second-order valence-electron chi connectivity index (χ2n) is 0.847. The van der Waals surface area contributed by atoms with Gasteiger partial charge in [-0.15, -0.1) is 13.2 Å². The van der Waals surface area contributed by atoms with Crippen LogP contribution in [0.4, 0.5) is 26.7 Å². The highest BCUT2D eigenvalue weighted by molar-refractivity contribution is 4.75. The van der Waals surface area contributed by atoms with E-state index in [9.17, 15) is 22.0 Å². The second-order valence-corrected chi connectivity index (χ2v) is 0.847. The Hall–Kier alpha value is -0.940. The molecule has 0 bridgehead atoms. The summed E-state index contributed by atoms with van der Waals surface area (Å²) in [7, 11) is 0. The molecular formula is C8H18F6. The molecule has 0 aliphatic carbocycles. The van der Waals surface area contributed by atoms with Crippen molar-refractivity contribution in [3.05, 3.63) is 25.8 Å². The summed E-state index contributed by atoms with van der Waals surface area (Å²) in [5, 5.41) is 0. The molecule has 0 saturated heterocycles. The zero-order chi connectivity index (χ0) is 9.91. The van der Waals surface area contributed by atoms with E-state index in [1.54, 1.807) is 0 Å². The third-order valence-electron chi connectivity index (χ3n) is 0.231. The summed E-state index contributed by atoms with van der Waals surface area (Å²) >= 11 is 0. The molecule has 0 aliphatic heterocycles. The highest BCUT2D eigenvalue weighted by Crippen LogP contribution is 2.13. The second kappa shape index (κ2) is 29.6. The largest absolute Gasteiger partial charge is 0.409 e. The van der Waals surface area contributed by atoms with Gasteiger partial charge in [-0.1, -0.05) is 21.4 Å². The van der Waals surface area contributed by atoms with Gasteiger partial charge in [0.15, 0.2) is 0 Å². The Morgan fingerprint density at radius 1 is 1.00 bits per heavy atom. The molecule has 0 heterocycles. The van der Waals surface area contributed by atoms with Crippen LogP contribution in [0, 0.1) is 0 Å². The van der Waals surface area contributed by atoms with Crippen molar-refractivity contribution in [1.82, 2.24) is 0 Å². The number of rotatable bonds is 0. The summed E-state index contributed by atoms with van der Waals surface area (Å²) in [4.78, 5) is 0. The van der Waals surface area contributed by atoms with Gasteiger partial charge in [0, 0.05) is 6.08 Å². The van der Waals surface area contributed by atoms with E-state index in [-0.39, 0.29) is 25.6 Å². The van der Waals surface area contributed by atoms with Crippen LogP contribution >= 0.6 is 0 Å². The number of alkyl halides is 5. The summed E-state index contributed by atoms with van der Waals surface area (Å²) in [5.41, 5.74) is 0. The third-order valence-corrected chi connectivity index (χ3v) is 0.231. The van der Waals surface area contributed by atoms with Gasteiger partial charge in [0.2, 0.25) is 6.93 Å². The monoisotopic (exact) mass is 228 g/mol. The number of halogens is 6. The molecule has 6 heteroatoms. The van der Waals surface area contributed by atoms with Crippen molar-refractivity contribution >= 4 is 0 Å². The first-order valence-electron chi connectivity index (χ1n) is 2.30. The first-order chi connectivity index (χ1) is 4.97. The minimum absolute atomic E-state index is 0. The maximum absolute atomic E-state index is 10.7. The van der Waals surface area contributed by atoms with Crippen molar-refractivity contribution in [2.24, 2.45) is 0 Å². The van der Waals surface area contributed by atoms with E-state index in [0.717, 1.165) is 0 Å². The maximum atomic E-state index is 10.7. The Labute approximate surface area is 81.5 Å². The van der Waals surface area contributed by atoms with Crippen molar-refractivity contribution in [2.45, 2.75) is 21.0 Å². The lowest BCUT2D eigenvalue weighted by Gasteiger charge is -1.91. The first-order valence-corrected chi connectivity index (χ1v) is 2.30. The fraction of sp³-hybridized carbons (Fsp3) is 0.500. The topological polar surface area (TPSA) is 0 Å². The molecule has 0 spiro atoms. The lowest BCUT2D eigenvalue weighted by atomic mass is 10.6. The fourth-order valence-corrected chi connectivity index (χ4v) is 0. The Balaban J connectivity index is -0.0000000178. The maximum Gasteiger partial charge on any atom is 0.409 e. The highest BCUT2D eigenvalue weighted by Gasteiger charge is 2.19. The third kappa shape index (κ3) is 264. The predicted octanol–water partition coefficient (Wildman–Crippen LogP) is 4.84. The molecular weight excluding hydrogens is 210 g/mol. The standard InChI is InChI=1S/C3H3F3.C2H4.CH2F2.2CH4.FH/c1-2-3(4,5)6;1-2;2-1-3;;;/h2H,1H2;1-2H2;1H2;2*1H4;1H. The predicted molar refractivity (Wildman–Crippen MR) is 50.6 cm³/mol. The van der Waals surface area contributed by atoms with Crippen LogP contribution in [-0.4, -0.2) is 13.1 Å². The van der Waals surface area contributed by atoms with Gasteiger partial charge in [-0.3, -0.25) is 4.70 Å². The molecule has 0 atom stereocenters. The number of hydrogen-bond acceptors (Lipinski definition) is 0. The van der Waals surface area contributed by atoms with Gasteiger partial charge in [0.1, 0.15) is 0 Å². The first kappa shape index (κ1) is 38.1. The quantitative estimate of drug-likeness (QED) is 0.411. The van der Waals surface area contributed by atoms with Crippen LogP contribution in [0.1, 0.15) is 14.9 Å². The van der Waals surface area contributed by atoms with Crippen LogP contribution in [0.3, 0.4) is 0 Å². The Morgan fingerprint density at radius 3 is 1.07 bits per heavy atom. The molecule has 0 aromatic rings. The van der Waals surface area contributed by atoms with E-state index in [4.69, 9.17) is 0 Å². The molecule has 92 valence electrons. The Morgan fingerprint density at radius 2 is 1.07 bits per heavy atom. The number of hydrogen-bond donors (Lipinski definition) is 0. The molecule has 0 aromatic heterocycles. The van der Waals surface area contributed by atoms with E-state index < -0.39 is 13.1 Å². The summed E-state index contributed by atoms with van der Waals surface area (Å²) in [6.07, 6.45) is -4.26. The van der Waals surface area contributed by atoms with Gasteiger partial charge in [-0.2, -0.15) is 13.2 Å². The van der Waals surface area contributed by atoms with Gasteiger partial charge < -0.3 is 0 Å². The van der Waals surface area contributed by atoms with Crippen molar-refractivity contribution in [3.8, 4) is 0 Å². The van der Waals surface area contributed by atoms with Gasteiger partial charge >= 0.3 is 6.18 Å². The highest BCUT2D eigenvalue weighted by atomic mass is 19.4. The van der Waals surface area contributed by atoms with Gasteiger partial charge in [-0.25, -0.2) is 8.78 Å². The molecule has 0 nitrogen and oxygen atoms in total. The van der Waals surface area contributed by atoms with Crippen molar-refractivity contribution in [3.63, 3.8) is 0 Å². The van der Waals surface area contributed by atoms with Gasteiger partial charge in [0.05, 0.1) is 0 Å². The molecule has 0 unspecified atom stereocenters. The van der Waals surface area contributed by atoms with E-state index in [2.05, 4.69) is 19.7 Å². The zero-order valence-corrected chi connectivity index (χ0v) is 6.20. The molecule has 0 N–H and O–H groups in total. The molecule has 0 saturated carbocycles. The SMILES string of the molecule is C.C.C=C.C=CC(F)(F)F.F.FCF. The molecule has 0 radical (unpaired) electrons. The van der Waals surface area contributed by atoms with Crippen molar-refractivity contribution in [2.75, 3.05) is 6.93 Å². The van der Waals surface area contributed by atoms with Crippen molar-refractivity contribution < 1.29 is 26.7 Å². The zero-order valence-electron chi connectivity index (χ0n) is 6.20. The van der Waals surface area contributed by atoms with Crippen LogP contribution in [0.25, 0.3) is 0 Å². The fourth-order valence-electron chi connectivity index (χ4n) is 0. The Kier molecular flexibility index (Phi) is 80.6. The smallest absolute Gasteiger partial charge is 0.269 e. The molecule has 0 aliphatic rings. The summed E-state index contributed by atoms with van der Waals surface area (Å²) in [6, 6.07) is 0. The minimum atomic E-state index is -4.19.